The van der Waals surface area contributed by atoms with Crippen LogP contribution in [0.5, 0.6) is 5.75 Å². The fourth-order valence-corrected chi connectivity index (χ4v) is 3.14. The zero-order chi connectivity index (χ0) is 14.4. The van der Waals surface area contributed by atoms with Crippen molar-refractivity contribution in [2.24, 2.45) is 7.05 Å². The van der Waals surface area contributed by atoms with Crippen molar-refractivity contribution in [1.82, 2.24) is 4.57 Å². The Labute approximate surface area is 122 Å². The van der Waals surface area contributed by atoms with Gasteiger partial charge in [-0.2, -0.15) is 0 Å². The average Bonchev–Trinajstić information content (AvgIpc) is 2.82. The lowest BCUT2D eigenvalue weighted by Gasteiger charge is -2.07. The second-order valence-electron chi connectivity index (χ2n) is 5.29. The SMILES string of the molecule is Cn1c2ccccc2c2c(-c3ccccc3O)cccc21. The molecular weight excluding hydrogens is 258 g/mol. The smallest absolute Gasteiger partial charge is 0.123 e. The molecule has 0 unspecified atom stereocenters. The van der Waals surface area contributed by atoms with Crippen LogP contribution >= 0.6 is 0 Å². The fraction of sp³-hybridized carbons (Fsp3) is 0.0526. The van der Waals surface area contributed by atoms with Crippen molar-refractivity contribution in [3.63, 3.8) is 0 Å². The molecule has 2 nitrogen and oxygen atoms in total. The van der Waals surface area contributed by atoms with Gasteiger partial charge in [0.05, 0.1) is 0 Å². The monoisotopic (exact) mass is 273 g/mol. The summed E-state index contributed by atoms with van der Waals surface area (Å²) in [6, 6.07) is 22.1. The molecule has 0 saturated carbocycles. The minimum atomic E-state index is 0.318. The number of aryl methyl sites for hydroxylation is 1. The van der Waals surface area contributed by atoms with Gasteiger partial charge in [-0.3, -0.25) is 0 Å². The Morgan fingerprint density at radius 2 is 1.38 bits per heavy atom. The Morgan fingerprint density at radius 1 is 0.714 bits per heavy atom. The molecule has 0 aliphatic rings. The Kier molecular flexibility index (Phi) is 2.51. The minimum absolute atomic E-state index is 0.318. The average molecular weight is 273 g/mol. The van der Waals surface area contributed by atoms with Crippen molar-refractivity contribution in [2.75, 3.05) is 0 Å². The molecular formula is C19H15NO. The molecule has 1 N–H and O–H groups in total. The van der Waals surface area contributed by atoms with Crippen molar-refractivity contribution in [2.45, 2.75) is 0 Å². The molecule has 1 aromatic heterocycles. The van der Waals surface area contributed by atoms with Crippen LogP contribution < -0.4 is 0 Å². The Bertz CT molecular complexity index is 966. The van der Waals surface area contributed by atoms with Crippen LogP contribution in [0, 0.1) is 0 Å². The van der Waals surface area contributed by atoms with Gasteiger partial charge in [-0.1, -0.05) is 48.5 Å². The number of hydrogen-bond acceptors (Lipinski definition) is 1. The van der Waals surface area contributed by atoms with E-state index in [1.165, 1.54) is 21.8 Å². The van der Waals surface area contributed by atoms with Crippen LogP contribution in [-0.2, 0) is 7.05 Å². The molecule has 1 heterocycles. The number of para-hydroxylation sites is 2. The van der Waals surface area contributed by atoms with Gasteiger partial charge in [0.2, 0.25) is 0 Å². The van der Waals surface area contributed by atoms with Crippen LogP contribution in [0.4, 0.5) is 0 Å². The van der Waals surface area contributed by atoms with Crippen molar-refractivity contribution in [3.05, 3.63) is 66.7 Å². The molecule has 0 amide bonds. The fourth-order valence-electron chi connectivity index (χ4n) is 3.14. The predicted molar refractivity (Wildman–Crippen MR) is 87.5 cm³/mol. The summed E-state index contributed by atoms with van der Waals surface area (Å²) in [5.74, 6) is 0.318. The van der Waals surface area contributed by atoms with Gasteiger partial charge in [-0.15, -0.1) is 0 Å². The van der Waals surface area contributed by atoms with Crippen LogP contribution in [-0.4, -0.2) is 9.67 Å². The number of nitrogens with zero attached hydrogens (tertiary/aromatic N) is 1. The molecule has 0 aliphatic carbocycles. The van der Waals surface area contributed by atoms with E-state index in [1.807, 2.05) is 24.3 Å². The molecule has 2 heteroatoms. The van der Waals surface area contributed by atoms with Crippen LogP contribution in [0.3, 0.4) is 0 Å². The number of aromatic nitrogens is 1. The number of phenols is 1. The highest BCUT2D eigenvalue weighted by Crippen LogP contribution is 2.38. The summed E-state index contributed by atoms with van der Waals surface area (Å²) in [6.45, 7) is 0. The van der Waals surface area contributed by atoms with Crippen LogP contribution in [0.25, 0.3) is 32.9 Å². The van der Waals surface area contributed by atoms with E-state index in [0.717, 1.165) is 11.1 Å². The summed E-state index contributed by atoms with van der Waals surface area (Å²) < 4.78 is 2.20. The van der Waals surface area contributed by atoms with Gasteiger partial charge < -0.3 is 9.67 Å². The summed E-state index contributed by atoms with van der Waals surface area (Å²) in [5, 5.41) is 12.6. The second kappa shape index (κ2) is 4.38. The predicted octanol–water partition coefficient (Wildman–Crippen LogP) is 4.70. The first-order chi connectivity index (χ1) is 10.3. The van der Waals surface area contributed by atoms with E-state index in [4.69, 9.17) is 0 Å². The van der Waals surface area contributed by atoms with Gasteiger partial charge in [-0.25, -0.2) is 0 Å². The zero-order valence-corrected chi connectivity index (χ0v) is 11.7. The first-order valence-electron chi connectivity index (χ1n) is 7.02. The van der Waals surface area contributed by atoms with Crippen molar-refractivity contribution in [1.29, 1.82) is 0 Å². The standard InChI is InChI=1S/C19H15NO/c1-20-16-10-4-2-8-15(16)19-14(9-6-11-17(19)20)13-7-3-5-12-18(13)21/h2-12,21H,1H3. The van der Waals surface area contributed by atoms with Gasteiger partial charge in [0, 0.05) is 34.4 Å². The normalized spacial score (nSPS) is 11.3. The lowest BCUT2D eigenvalue weighted by molar-refractivity contribution is 0.477. The molecule has 0 saturated heterocycles. The molecule has 0 atom stereocenters. The highest BCUT2D eigenvalue weighted by atomic mass is 16.3. The van der Waals surface area contributed by atoms with Crippen LogP contribution in [0.2, 0.25) is 0 Å². The number of hydrogen-bond donors (Lipinski definition) is 1. The van der Waals surface area contributed by atoms with Crippen molar-refractivity contribution in [3.8, 4) is 16.9 Å². The number of fused-ring (bicyclic) bond motifs is 3. The summed E-state index contributed by atoms with van der Waals surface area (Å²) >= 11 is 0. The second-order valence-corrected chi connectivity index (χ2v) is 5.29. The number of rotatable bonds is 1. The first-order valence-corrected chi connectivity index (χ1v) is 7.02. The van der Waals surface area contributed by atoms with Crippen molar-refractivity contribution >= 4 is 21.8 Å². The maximum absolute atomic E-state index is 10.2. The van der Waals surface area contributed by atoms with Crippen LogP contribution in [0.1, 0.15) is 0 Å². The van der Waals surface area contributed by atoms with E-state index >= 15 is 0 Å². The molecule has 4 rings (SSSR count). The lowest BCUT2D eigenvalue weighted by atomic mass is 9.99. The molecule has 21 heavy (non-hydrogen) atoms. The molecule has 4 aromatic rings. The molecule has 0 bridgehead atoms. The molecule has 0 fully saturated rings. The largest absolute Gasteiger partial charge is 0.507 e. The van der Waals surface area contributed by atoms with E-state index in [1.54, 1.807) is 6.07 Å². The quantitative estimate of drug-likeness (QED) is 0.534. The topological polar surface area (TPSA) is 25.2 Å². The van der Waals surface area contributed by atoms with E-state index in [0.29, 0.717) is 5.75 Å². The Balaban J connectivity index is 2.21. The van der Waals surface area contributed by atoms with E-state index < -0.39 is 0 Å². The van der Waals surface area contributed by atoms with E-state index in [9.17, 15) is 5.11 Å². The van der Waals surface area contributed by atoms with E-state index in [2.05, 4.69) is 48.0 Å². The van der Waals surface area contributed by atoms with Crippen molar-refractivity contribution < 1.29 is 5.11 Å². The summed E-state index contributed by atoms with van der Waals surface area (Å²) in [5.41, 5.74) is 4.33. The third-order valence-corrected chi connectivity index (χ3v) is 4.13. The zero-order valence-electron chi connectivity index (χ0n) is 11.7. The maximum Gasteiger partial charge on any atom is 0.123 e. The Hall–Kier alpha value is -2.74. The number of phenolic OH excluding ortho intramolecular Hbond substituents is 1. The summed E-state index contributed by atoms with van der Waals surface area (Å²) in [4.78, 5) is 0. The number of aromatic hydroxyl groups is 1. The Morgan fingerprint density at radius 3 is 2.24 bits per heavy atom. The van der Waals surface area contributed by atoms with Gasteiger partial charge in [0.15, 0.2) is 0 Å². The summed E-state index contributed by atoms with van der Waals surface area (Å²) in [6.07, 6.45) is 0. The molecule has 102 valence electrons. The maximum atomic E-state index is 10.2. The van der Waals surface area contributed by atoms with Gasteiger partial charge >= 0.3 is 0 Å². The molecule has 0 aliphatic heterocycles. The highest BCUT2D eigenvalue weighted by molar-refractivity contribution is 6.15. The molecule has 0 spiro atoms. The molecule has 0 radical (unpaired) electrons. The third-order valence-electron chi connectivity index (χ3n) is 4.13. The van der Waals surface area contributed by atoms with E-state index in [-0.39, 0.29) is 0 Å². The van der Waals surface area contributed by atoms with Gasteiger partial charge in [0.1, 0.15) is 5.75 Å². The first kappa shape index (κ1) is 12.0. The highest BCUT2D eigenvalue weighted by Gasteiger charge is 2.13. The number of benzene rings is 3. The summed E-state index contributed by atoms with van der Waals surface area (Å²) in [7, 11) is 2.08. The minimum Gasteiger partial charge on any atom is -0.507 e. The van der Waals surface area contributed by atoms with Crippen LogP contribution in [0.15, 0.2) is 66.7 Å². The molecule has 3 aromatic carbocycles. The van der Waals surface area contributed by atoms with Gasteiger partial charge in [-0.05, 0) is 23.8 Å². The third kappa shape index (κ3) is 1.66. The van der Waals surface area contributed by atoms with Gasteiger partial charge in [0.25, 0.3) is 0 Å². The lowest BCUT2D eigenvalue weighted by Crippen LogP contribution is -1.86.